The van der Waals surface area contributed by atoms with Gasteiger partial charge in [0.25, 0.3) is 0 Å². The van der Waals surface area contributed by atoms with Gasteiger partial charge in [0.2, 0.25) is 0 Å². The van der Waals surface area contributed by atoms with E-state index >= 15 is 0 Å². The van der Waals surface area contributed by atoms with Crippen LogP contribution in [0, 0.1) is 0 Å². The number of carbonyl (C=O) groups excluding carboxylic acids is 2. The number of benzene rings is 1. The highest BCUT2D eigenvalue weighted by atomic mass is 32.2. The molecular formula is C16H20N2O5S. The Hall–Kier alpha value is -2.35. The topological polar surface area (TPSA) is 96.9 Å². The first kappa shape index (κ1) is 18.0. The zero-order valence-corrected chi connectivity index (χ0v) is 14.5. The van der Waals surface area contributed by atoms with Gasteiger partial charge in [0.05, 0.1) is 18.7 Å². The third kappa shape index (κ3) is 3.94. The first-order chi connectivity index (χ1) is 11.5. The van der Waals surface area contributed by atoms with Crippen molar-refractivity contribution in [1.29, 1.82) is 0 Å². The molecule has 2 rings (SSSR count). The number of amides is 2. The number of allylic oxidation sites excluding steroid dienone is 1. The molecule has 0 bridgehead atoms. The number of phenols is 1. The van der Waals surface area contributed by atoms with Crippen LogP contribution in [-0.2, 0) is 9.53 Å². The van der Waals surface area contributed by atoms with E-state index in [1.54, 1.807) is 30.8 Å². The first-order valence-corrected chi connectivity index (χ1v) is 8.68. The fourth-order valence-electron chi connectivity index (χ4n) is 2.40. The standard InChI is InChI=1S/C16H20N2O5S/c1-9-13(15(20)23-6-7-24-3)14(18-16(21)17-9)10-4-5-12(22-2)11(19)8-10/h4-5,8,14,19H,6-7H2,1-3H3,(H2,17,18,21). The third-order valence-electron chi connectivity index (χ3n) is 3.55. The van der Waals surface area contributed by atoms with Crippen LogP contribution in [0.15, 0.2) is 29.5 Å². The van der Waals surface area contributed by atoms with Crippen molar-refractivity contribution in [2.45, 2.75) is 13.0 Å². The molecule has 0 saturated heterocycles. The Morgan fingerprint density at radius 2 is 2.17 bits per heavy atom. The van der Waals surface area contributed by atoms with Crippen molar-refractivity contribution >= 4 is 23.8 Å². The van der Waals surface area contributed by atoms with E-state index < -0.39 is 18.0 Å². The van der Waals surface area contributed by atoms with Crippen molar-refractivity contribution in [3.8, 4) is 11.5 Å². The molecule has 1 aliphatic rings. The number of urea groups is 1. The Labute approximate surface area is 144 Å². The molecule has 1 aliphatic heterocycles. The van der Waals surface area contributed by atoms with E-state index in [0.717, 1.165) is 0 Å². The average molecular weight is 352 g/mol. The van der Waals surface area contributed by atoms with Crippen LogP contribution in [0.2, 0.25) is 0 Å². The summed E-state index contributed by atoms with van der Waals surface area (Å²) in [6.45, 7) is 1.92. The van der Waals surface area contributed by atoms with Crippen molar-refractivity contribution in [1.82, 2.24) is 10.6 Å². The number of methoxy groups -OCH3 is 1. The van der Waals surface area contributed by atoms with Crippen LogP contribution in [0.25, 0.3) is 0 Å². The average Bonchev–Trinajstić information content (AvgIpc) is 2.54. The Bertz CT molecular complexity index is 674. The summed E-state index contributed by atoms with van der Waals surface area (Å²) in [6.07, 6.45) is 1.92. The van der Waals surface area contributed by atoms with Gasteiger partial charge < -0.3 is 25.2 Å². The summed E-state index contributed by atoms with van der Waals surface area (Å²) in [7, 11) is 1.44. The number of phenolic OH excluding ortho intramolecular Hbond substituents is 1. The van der Waals surface area contributed by atoms with Gasteiger partial charge >= 0.3 is 12.0 Å². The van der Waals surface area contributed by atoms with Crippen molar-refractivity contribution in [3.05, 3.63) is 35.0 Å². The number of hydrogen-bond acceptors (Lipinski definition) is 6. The maximum atomic E-state index is 12.4. The number of carbonyl (C=O) groups is 2. The number of thioether (sulfide) groups is 1. The van der Waals surface area contributed by atoms with Crippen LogP contribution < -0.4 is 15.4 Å². The molecule has 1 heterocycles. The Balaban J connectivity index is 2.34. The second-order valence-electron chi connectivity index (χ2n) is 5.13. The molecule has 1 aromatic carbocycles. The zero-order chi connectivity index (χ0) is 17.7. The van der Waals surface area contributed by atoms with Crippen LogP contribution in [0.5, 0.6) is 11.5 Å². The number of esters is 1. The summed E-state index contributed by atoms with van der Waals surface area (Å²) in [6, 6.07) is 3.57. The number of ether oxygens (including phenoxy) is 2. The molecule has 8 heteroatoms. The smallest absolute Gasteiger partial charge is 0.338 e. The molecule has 0 radical (unpaired) electrons. The van der Waals surface area contributed by atoms with E-state index in [-0.39, 0.29) is 12.4 Å². The molecule has 24 heavy (non-hydrogen) atoms. The minimum Gasteiger partial charge on any atom is -0.504 e. The summed E-state index contributed by atoms with van der Waals surface area (Å²) in [5.41, 5.74) is 1.28. The van der Waals surface area contributed by atoms with E-state index in [0.29, 0.717) is 28.3 Å². The van der Waals surface area contributed by atoms with Gasteiger partial charge in [-0.05, 0) is 30.9 Å². The first-order valence-electron chi connectivity index (χ1n) is 7.29. The van der Waals surface area contributed by atoms with E-state index in [1.807, 2.05) is 6.26 Å². The molecule has 1 atom stereocenters. The normalized spacial score (nSPS) is 17.1. The second kappa shape index (κ2) is 7.96. The molecule has 130 valence electrons. The summed E-state index contributed by atoms with van der Waals surface area (Å²) >= 11 is 1.57. The molecule has 7 nitrogen and oxygen atoms in total. The summed E-state index contributed by atoms with van der Waals surface area (Å²) in [4.78, 5) is 24.2. The molecule has 0 saturated carbocycles. The lowest BCUT2D eigenvalue weighted by Crippen LogP contribution is -2.45. The predicted molar refractivity (Wildman–Crippen MR) is 91.1 cm³/mol. The van der Waals surface area contributed by atoms with E-state index in [1.165, 1.54) is 13.2 Å². The third-order valence-corrected chi connectivity index (χ3v) is 4.12. The van der Waals surface area contributed by atoms with Gasteiger partial charge in [-0.2, -0.15) is 11.8 Å². The monoisotopic (exact) mass is 352 g/mol. The lowest BCUT2D eigenvalue weighted by molar-refractivity contribution is -0.138. The van der Waals surface area contributed by atoms with Gasteiger partial charge in [0.1, 0.15) is 6.61 Å². The molecule has 0 fully saturated rings. The zero-order valence-electron chi connectivity index (χ0n) is 13.7. The fraction of sp³-hybridized carbons (Fsp3) is 0.375. The van der Waals surface area contributed by atoms with Crippen molar-refractivity contribution < 1.29 is 24.2 Å². The van der Waals surface area contributed by atoms with Crippen LogP contribution in [0.1, 0.15) is 18.5 Å². The summed E-state index contributed by atoms with van der Waals surface area (Å²) in [5.74, 6) is 0.417. The van der Waals surface area contributed by atoms with Crippen LogP contribution in [-0.4, -0.2) is 42.8 Å². The second-order valence-corrected chi connectivity index (χ2v) is 6.12. The maximum absolute atomic E-state index is 12.4. The van der Waals surface area contributed by atoms with E-state index in [9.17, 15) is 14.7 Å². The van der Waals surface area contributed by atoms with Gasteiger partial charge in [-0.15, -0.1) is 0 Å². The minimum absolute atomic E-state index is 0.0736. The highest BCUT2D eigenvalue weighted by Gasteiger charge is 2.32. The van der Waals surface area contributed by atoms with E-state index in [4.69, 9.17) is 9.47 Å². The molecule has 1 aromatic rings. The largest absolute Gasteiger partial charge is 0.504 e. The fourth-order valence-corrected chi connectivity index (χ4v) is 2.65. The molecule has 3 N–H and O–H groups in total. The quantitative estimate of drug-likeness (QED) is 0.535. The Morgan fingerprint density at radius 1 is 1.42 bits per heavy atom. The number of aromatic hydroxyl groups is 1. The lowest BCUT2D eigenvalue weighted by atomic mass is 9.95. The van der Waals surface area contributed by atoms with Gasteiger partial charge in [-0.25, -0.2) is 9.59 Å². The molecule has 0 aliphatic carbocycles. The molecule has 1 unspecified atom stereocenters. The highest BCUT2D eigenvalue weighted by molar-refractivity contribution is 7.98. The van der Waals surface area contributed by atoms with Crippen LogP contribution in [0.3, 0.4) is 0 Å². The van der Waals surface area contributed by atoms with E-state index in [2.05, 4.69) is 10.6 Å². The van der Waals surface area contributed by atoms with Crippen LogP contribution >= 0.6 is 11.8 Å². The van der Waals surface area contributed by atoms with Crippen molar-refractivity contribution in [2.75, 3.05) is 25.7 Å². The van der Waals surface area contributed by atoms with Gasteiger partial charge in [-0.3, -0.25) is 0 Å². The maximum Gasteiger partial charge on any atom is 0.338 e. The summed E-state index contributed by atoms with van der Waals surface area (Å²) in [5, 5.41) is 15.2. The van der Waals surface area contributed by atoms with Gasteiger partial charge in [0.15, 0.2) is 11.5 Å². The van der Waals surface area contributed by atoms with Crippen LogP contribution in [0.4, 0.5) is 4.79 Å². The minimum atomic E-state index is -0.711. The predicted octanol–water partition coefficient (Wildman–Crippen LogP) is 1.93. The highest BCUT2D eigenvalue weighted by Crippen LogP contribution is 2.33. The number of nitrogens with one attached hydrogen (secondary N) is 2. The number of hydrogen-bond donors (Lipinski definition) is 3. The lowest BCUT2D eigenvalue weighted by Gasteiger charge is -2.28. The van der Waals surface area contributed by atoms with Gasteiger partial charge in [0, 0.05) is 11.4 Å². The number of rotatable bonds is 6. The van der Waals surface area contributed by atoms with Crippen molar-refractivity contribution in [3.63, 3.8) is 0 Å². The Morgan fingerprint density at radius 3 is 2.79 bits per heavy atom. The molecule has 2 amide bonds. The molecule has 0 spiro atoms. The molecular weight excluding hydrogens is 332 g/mol. The Kier molecular flexibility index (Phi) is 5.97. The summed E-state index contributed by atoms with van der Waals surface area (Å²) < 4.78 is 10.3. The SMILES string of the molecule is COc1ccc(C2NC(=O)NC(C)=C2C(=O)OCCSC)cc1O. The van der Waals surface area contributed by atoms with Gasteiger partial charge in [-0.1, -0.05) is 6.07 Å². The van der Waals surface area contributed by atoms with Crippen molar-refractivity contribution in [2.24, 2.45) is 0 Å². The molecule has 0 aromatic heterocycles.